The molecule has 0 atom stereocenters. The highest BCUT2D eigenvalue weighted by Gasteiger charge is 2.10. The molecule has 0 aliphatic carbocycles. The number of aromatic amines is 1. The van der Waals surface area contributed by atoms with Gasteiger partial charge in [-0.15, -0.1) is 20.4 Å². The van der Waals surface area contributed by atoms with E-state index in [0.29, 0.717) is 0 Å². The molecule has 158 valence electrons. The van der Waals surface area contributed by atoms with Crippen LogP contribution in [0.1, 0.15) is 0 Å². The van der Waals surface area contributed by atoms with Gasteiger partial charge in [0, 0.05) is 0 Å². The number of rotatable bonds is 2. The Morgan fingerprint density at radius 1 is 0.613 bits per heavy atom. The van der Waals surface area contributed by atoms with Gasteiger partial charge in [0.1, 0.15) is 12.7 Å². The summed E-state index contributed by atoms with van der Waals surface area (Å²) in [5.74, 6) is 0.334. The lowest BCUT2D eigenvalue weighted by molar-refractivity contribution is 0.702. The fourth-order valence-electron chi connectivity index (χ4n) is 1.47. The van der Waals surface area contributed by atoms with Gasteiger partial charge < -0.3 is 0 Å². The first-order valence-corrected chi connectivity index (χ1v) is 8.79. The first-order valence-electron chi connectivity index (χ1n) is 7.28. The third kappa shape index (κ3) is 6.99. The van der Waals surface area contributed by atoms with Crippen molar-refractivity contribution in [1.82, 2.24) is 90.9 Å². The maximum absolute atomic E-state index is 5.76. The Kier molecular flexibility index (Phi) is 7.81. The zero-order chi connectivity index (χ0) is 22.1. The largest absolute Gasteiger partial charge is 0.259 e. The minimum Gasteiger partial charge on any atom is -0.187 e. The van der Waals surface area contributed by atoms with Crippen LogP contribution in [0.5, 0.6) is 0 Å². The van der Waals surface area contributed by atoms with Crippen LogP contribution in [0.25, 0.3) is 11.9 Å². The van der Waals surface area contributed by atoms with Gasteiger partial charge in [0.05, 0.1) is 0 Å². The van der Waals surface area contributed by atoms with E-state index in [9.17, 15) is 0 Å². The lowest BCUT2D eigenvalue weighted by Crippen LogP contribution is -2.09. The van der Waals surface area contributed by atoms with Gasteiger partial charge >= 0.3 is 0 Å². The second kappa shape index (κ2) is 11.0. The molecule has 5 aromatic heterocycles. The predicted octanol–water partition coefficient (Wildman–Crippen LogP) is -0.492. The number of hydrogen-bond donors (Lipinski definition) is 1. The molecule has 5 rings (SSSR count). The van der Waals surface area contributed by atoms with Gasteiger partial charge in [0.15, 0.2) is 6.33 Å². The SMILES string of the molecule is Clc1nc(-n2cnnn2)nc(-n2cnnn2)n1.Clc1nc(Cl)nc(Cl)n1.c1nn[nH]n1. The van der Waals surface area contributed by atoms with E-state index in [1.54, 1.807) is 0 Å². The first-order chi connectivity index (χ1) is 15.0. The highest BCUT2D eigenvalue weighted by molar-refractivity contribution is 6.33. The number of tetrazole rings is 3. The smallest absolute Gasteiger partial charge is 0.187 e. The summed E-state index contributed by atoms with van der Waals surface area (Å²) < 4.78 is 2.48. The maximum atomic E-state index is 5.76. The number of nitrogens with zero attached hydrogens (tertiary/aromatic N) is 17. The summed E-state index contributed by atoms with van der Waals surface area (Å²) in [6, 6.07) is 0. The fourth-order valence-corrected chi connectivity index (χ4v) is 2.23. The van der Waals surface area contributed by atoms with E-state index in [1.165, 1.54) is 28.3 Å². The van der Waals surface area contributed by atoms with Crippen molar-refractivity contribution < 1.29 is 0 Å². The molecule has 0 aromatic carbocycles. The zero-order valence-corrected chi connectivity index (χ0v) is 17.4. The van der Waals surface area contributed by atoms with E-state index in [4.69, 9.17) is 46.4 Å². The molecule has 5 heterocycles. The van der Waals surface area contributed by atoms with Gasteiger partial charge in [0.25, 0.3) is 11.9 Å². The third-order valence-corrected chi connectivity index (χ3v) is 3.19. The van der Waals surface area contributed by atoms with Crippen LogP contribution in [0.4, 0.5) is 0 Å². The van der Waals surface area contributed by atoms with E-state index < -0.39 is 0 Å². The van der Waals surface area contributed by atoms with E-state index in [0.717, 1.165) is 0 Å². The summed E-state index contributed by atoms with van der Waals surface area (Å²) >= 11 is 21.7. The molecule has 5 aromatic rings. The third-order valence-electron chi connectivity index (χ3n) is 2.52. The molecule has 18 nitrogen and oxygen atoms in total. The highest BCUT2D eigenvalue weighted by Crippen LogP contribution is 2.09. The molecule has 0 aliphatic rings. The molecule has 0 radical (unpaired) electrons. The van der Waals surface area contributed by atoms with E-state index in [1.807, 2.05) is 0 Å². The average molecular weight is 506 g/mol. The normalized spacial score (nSPS) is 9.94. The summed E-state index contributed by atoms with van der Waals surface area (Å²) in [7, 11) is 0. The van der Waals surface area contributed by atoms with Crippen LogP contribution >= 0.6 is 46.4 Å². The number of hydrogen-bond acceptors (Lipinski definition) is 15. The molecular weight excluding hydrogens is 502 g/mol. The van der Waals surface area contributed by atoms with Gasteiger partial charge in [-0.25, -0.2) is 0 Å². The van der Waals surface area contributed by atoms with E-state index in [2.05, 4.69) is 81.6 Å². The molecule has 31 heavy (non-hydrogen) atoms. The summed E-state index contributed by atoms with van der Waals surface area (Å²) in [5.41, 5.74) is 0. The molecule has 0 bridgehead atoms. The van der Waals surface area contributed by atoms with Gasteiger partial charge in [0.2, 0.25) is 21.1 Å². The van der Waals surface area contributed by atoms with Crippen LogP contribution in [0.2, 0.25) is 21.1 Å². The number of H-pyrrole nitrogens is 1. The number of aromatic nitrogens is 18. The molecule has 0 amide bonds. The molecule has 0 saturated heterocycles. The highest BCUT2D eigenvalue weighted by atomic mass is 35.5. The first kappa shape index (κ1) is 22.1. The average Bonchev–Trinajstić information content (AvgIpc) is 3.53. The Balaban J connectivity index is 0.000000162. The van der Waals surface area contributed by atoms with Crippen molar-refractivity contribution in [3.8, 4) is 11.9 Å². The van der Waals surface area contributed by atoms with Crippen LogP contribution in [0.3, 0.4) is 0 Å². The molecule has 0 aliphatic heterocycles. The van der Waals surface area contributed by atoms with E-state index >= 15 is 0 Å². The predicted molar refractivity (Wildman–Crippen MR) is 99.3 cm³/mol. The summed E-state index contributed by atoms with van der Waals surface area (Å²) in [5, 5.41) is 33.3. The summed E-state index contributed by atoms with van der Waals surface area (Å²) in [4.78, 5) is 22.2. The van der Waals surface area contributed by atoms with Crippen molar-refractivity contribution in [2.45, 2.75) is 0 Å². The molecule has 0 spiro atoms. The minimum atomic E-state index is -0.0176. The van der Waals surface area contributed by atoms with Gasteiger partial charge in [-0.3, -0.25) is 0 Å². The van der Waals surface area contributed by atoms with E-state index in [-0.39, 0.29) is 33.0 Å². The van der Waals surface area contributed by atoms with Crippen LogP contribution in [0, 0.1) is 0 Å². The Morgan fingerprint density at radius 3 is 1.42 bits per heavy atom. The quantitative estimate of drug-likeness (QED) is 0.319. The molecule has 1 N–H and O–H groups in total. The van der Waals surface area contributed by atoms with Crippen molar-refractivity contribution in [2.24, 2.45) is 0 Å². The fraction of sp³-hybridized carbons (Fsp3) is 0. The topological polar surface area (TPSA) is 219 Å². The molecule has 0 fully saturated rings. The maximum Gasteiger partial charge on any atom is 0.259 e. The van der Waals surface area contributed by atoms with Crippen molar-refractivity contribution in [3.05, 3.63) is 40.1 Å². The van der Waals surface area contributed by atoms with Crippen LogP contribution in [0.15, 0.2) is 19.0 Å². The van der Waals surface area contributed by atoms with Gasteiger partial charge in [-0.1, -0.05) is 5.21 Å². The van der Waals surface area contributed by atoms with Crippen LogP contribution in [-0.2, 0) is 0 Å². The zero-order valence-electron chi connectivity index (χ0n) is 14.3. The number of halogens is 4. The minimum absolute atomic E-state index is 0.000000000000000444. The molecule has 0 saturated carbocycles. The van der Waals surface area contributed by atoms with Crippen LogP contribution in [-0.4, -0.2) is 90.9 Å². The Morgan fingerprint density at radius 2 is 1.10 bits per heavy atom. The molecule has 0 unspecified atom stereocenters. The molecular formula is C9H4Cl4N18. The summed E-state index contributed by atoms with van der Waals surface area (Å²) in [6.07, 6.45) is 3.99. The molecule has 22 heteroatoms. The van der Waals surface area contributed by atoms with Gasteiger partial charge in [-0.2, -0.15) is 44.5 Å². The van der Waals surface area contributed by atoms with Crippen molar-refractivity contribution in [2.75, 3.05) is 0 Å². The lowest BCUT2D eigenvalue weighted by Gasteiger charge is -2.00. The van der Waals surface area contributed by atoms with Gasteiger partial charge in [-0.05, 0) is 67.3 Å². The Labute approximate surface area is 189 Å². The monoisotopic (exact) mass is 504 g/mol. The standard InChI is InChI=1S/C5H2ClN11.C3Cl3N3.CH2N4/c6-3-9-4(16-1-7-12-14-16)11-5(10-3)17-2-8-13-15-17;4-1-7-2(5)9-3(6)8-1;1-2-4-5-3-1/h1-2H;;1H,(H,2,3,4,5). The second-order valence-electron chi connectivity index (χ2n) is 4.42. The number of nitrogens with one attached hydrogen (secondary N) is 1. The second-order valence-corrected chi connectivity index (χ2v) is 5.77. The Bertz CT molecular complexity index is 1060. The van der Waals surface area contributed by atoms with Crippen molar-refractivity contribution in [3.63, 3.8) is 0 Å². The summed E-state index contributed by atoms with van der Waals surface area (Å²) in [6.45, 7) is 0. The Hall–Kier alpha value is -3.61. The van der Waals surface area contributed by atoms with Crippen molar-refractivity contribution >= 4 is 46.4 Å². The van der Waals surface area contributed by atoms with Crippen molar-refractivity contribution in [1.29, 1.82) is 0 Å². The van der Waals surface area contributed by atoms with Crippen LogP contribution < -0.4 is 0 Å². The lowest BCUT2D eigenvalue weighted by atomic mass is 10.8.